The van der Waals surface area contributed by atoms with E-state index in [4.69, 9.17) is 9.84 Å². The van der Waals surface area contributed by atoms with Crippen LogP contribution in [0.4, 0.5) is 4.39 Å². The molecule has 0 heterocycles. The van der Waals surface area contributed by atoms with Crippen LogP contribution >= 0.6 is 0 Å². The van der Waals surface area contributed by atoms with Crippen molar-refractivity contribution in [3.8, 4) is 5.75 Å². The highest BCUT2D eigenvalue weighted by Gasteiger charge is 2.11. The molecule has 2 rings (SSSR count). The van der Waals surface area contributed by atoms with Crippen LogP contribution in [0.25, 0.3) is 0 Å². The van der Waals surface area contributed by atoms with Gasteiger partial charge >= 0.3 is 5.97 Å². The van der Waals surface area contributed by atoms with Gasteiger partial charge in [-0.25, -0.2) is 9.18 Å². The summed E-state index contributed by atoms with van der Waals surface area (Å²) in [6.45, 7) is 3.60. The van der Waals surface area contributed by atoms with Crippen LogP contribution in [0, 0.1) is 19.7 Å². The van der Waals surface area contributed by atoms with E-state index in [1.165, 1.54) is 12.1 Å². The van der Waals surface area contributed by atoms with Gasteiger partial charge in [0.15, 0.2) is 0 Å². The Morgan fingerprint density at radius 3 is 2.60 bits per heavy atom. The second-order valence-electron chi connectivity index (χ2n) is 4.62. The number of aryl methyl sites for hydroxylation is 2. The first kappa shape index (κ1) is 14.1. The maximum absolute atomic E-state index is 13.5. The van der Waals surface area contributed by atoms with Gasteiger partial charge in [0.25, 0.3) is 0 Å². The molecule has 0 radical (unpaired) electrons. The van der Waals surface area contributed by atoms with Gasteiger partial charge in [0.1, 0.15) is 18.2 Å². The SMILES string of the molecule is Cc1cc(C)c(OCc2ccccc2C(=O)O)cc1F. The van der Waals surface area contributed by atoms with Gasteiger partial charge in [0.2, 0.25) is 0 Å². The van der Waals surface area contributed by atoms with Crippen molar-refractivity contribution in [3.05, 3.63) is 64.5 Å². The highest BCUT2D eigenvalue weighted by Crippen LogP contribution is 2.23. The van der Waals surface area contributed by atoms with Gasteiger partial charge in [-0.2, -0.15) is 0 Å². The third kappa shape index (κ3) is 2.96. The number of halogens is 1. The number of hydrogen-bond acceptors (Lipinski definition) is 2. The molecule has 0 aromatic heterocycles. The molecule has 0 saturated heterocycles. The van der Waals surface area contributed by atoms with E-state index in [1.54, 1.807) is 31.2 Å². The zero-order chi connectivity index (χ0) is 14.7. The standard InChI is InChI=1S/C16H15FO3/c1-10-7-11(2)15(8-14(10)17)20-9-12-5-3-4-6-13(12)16(18)19/h3-8H,9H2,1-2H3,(H,18,19). The molecule has 4 heteroatoms. The lowest BCUT2D eigenvalue weighted by atomic mass is 10.1. The van der Waals surface area contributed by atoms with Crippen molar-refractivity contribution < 1.29 is 19.0 Å². The van der Waals surface area contributed by atoms with Gasteiger partial charge in [-0.3, -0.25) is 0 Å². The lowest BCUT2D eigenvalue weighted by Gasteiger charge is -2.12. The van der Waals surface area contributed by atoms with Crippen LogP contribution in [0.3, 0.4) is 0 Å². The van der Waals surface area contributed by atoms with Crippen LogP contribution in [-0.4, -0.2) is 11.1 Å². The lowest BCUT2D eigenvalue weighted by Crippen LogP contribution is -2.06. The molecule has 0 aliphatic carbocycles. The summed E-state index contributed by atoms with van der Waals surface area (Å²) in [5.41, 5.74) is 2.12. The maximum Gasteiger partial charge on any atom is 0.336 e. The van der Waals surface area contributed by atoms with Crippen LogP contribution in [0.2, 0.25) is 0 Å². The van der Waals surface area contributed by atoms with Crippen molar-refractivity contribution in [1.29, 1.82) is 0 Å². The summed E-state index contributed by atoms with van der Waals surface area (Å²) in [4.78, 5) is 11.1. The number of carboxylic acids is 1. The van der Waals surface area contributed by atoms with Crippen molar-refractivity contribution in [3.63, 3.8) is 0 Å². The van der Waals surface area contributed by atoms with E-state index >= 15 is 0 Å². The normalized spacial score (nSPS) is 10.3. The Hall–Kier alpha value is -2.36. The molecule has 1 N–H and O–H groups in total. The molecule has 2 aromatic carbocycles. The Morgan fingerprint density at radius 2 is 1.90 bits per heavy atom. The van der Waals surface area contributed by atoms with Crippen molar-refractivity contribution >= 4 is 5.97 Å². The van der Waals surface area contributed by atoms with Crippen molar-refractivity contribution in [1.82, 2.24) is 0 Å². The third-order valence-corrected chi connectivity index (χ3v) is 3.09. The molecule has 0 atom stereocenters. The molecule has 0 aliphatic heterocycles. The predicted molar refractivity (Wildman–Crippen MR) is 73.6 cm³/mol. The Balaban J connectivity index is 2.21. The molecule has 0 unspecified atom stereocenters. The van der Waals surface area contributed by atoms with Crippen LogP contribution in [0.1, 0.15) is 27.0 Å². The fourth-order valence-electron chi connectivity index (χ4n) is 1.97. The smallest absolute Gasteiger partial charge is 0.336 e. The molecular weight excluding hydrogens is 259 g/mol. The second kappa shape index (κ2) is 5.74. The monoisotopic (exact) mass is 274 g/mol. The summed E-state index contributed by atoms with van der Waals surface area (Å²) in [7, 11) is 0. The van der Waals surface area contributed by atoms with Gasteiger partial charge in [0.05, 0.1) is 5.56 Å². The second-order valence-corrected chi connectivity index (χ2v) is 4.62. The quantitative estimate of drug-likeness (QED) is 0.924. The number of hydrogen-bond donors (Lipinski definition) is 1. The van der Waals surface area contributed by atoms with E-state index in [0.717, 1.165) is 5.56 Å². The molecule has 0 bridgehead atoms. The Kier molecular flexibility index (Phi) is 4.03. The molecule has 0 aliphatic rings. The molecule has 3 nitrogen and oxygen atoms in total. The molecular formula is C16H15FO3. The van der Waals surface area contributed by atoms with Gasteiger partial charge < -0.3 is 9.84 Å². The highest BCUT2D eigenvalue weighted by molar-refractivity contribution is 5.89. The Morgan fingerprint density at radius 1 is 1.20 bits per heavy atom. The Labute approximate surface area is 116 Å². The number of aromatic carboxylic acids is 1. The molecule has 0 saturated carbocycles. The minimum absolute atomic E-state index is 0.0891. The largest absolute Gasteiger partial charge is 0.488 e. The fourth-order valence-corrected chi connectivity index (χ4v) is 1.97. The van der Waals surface area contributed by atoms with Gasteiger partial charge in [0, 0.05) is 11.6 Å². The molecule has 104 valence electrons. The molecule has 0 fully saturated rings. The predicted octanol–water partition coefficient (Wildman–Crippen LogP) is 3.72. The first-order valence-corrected chi connectivity index (χ1v) is 6.20. The van der Waals surface area contributed by atoms with Crippen LogP contribution in [-0.2, 0) is 6.61 Å². The number of benzene rings is 2. The van der Waals surface area contributed by atoms with Crippen molar-refractivity contribution in [2.45, 2.75) is 20.5 Å². The Bertz CT molecular complexity index is 650. The summed E-state index contributed by atoms with van der Waals surface area (Å²) in [6, 6.07) is 9.63. The molecule has 20 heavy (non-hydrogen) atoms. The van der Waals surface area contributed by atoms with E-state index in [0.29, 0.717) is 16.9 Å². The minimum Gasteiger partial charge on any atom is -0.488 e. The van der Waals surface area contributed by atoms with Gasteiger partial charge in [-0.05, 0) is 37.1 Å². The van der Waals surface area contributed by atoms with Gasteiger partial charge in [-0.15, -0.1) is 0 Å². The maximum atomic E-state index is 13.5. The van der Waals surface area contributed by atoms with Crippen molar-refractivity contribution in [2.75, 3.05) is 0 Å². The van der Waals surface area contributed by atoms with E-state index in [2.05, 4.69) is 0 Å². The third-order valence-electron chi connectivity index (χ3n) is 3.09. The summed E-state index contributed by atoms with van der Waals surface area (Å²) in [6.07, 6.45) is 0. The lowest BCUT2D eigenvalue weighted by molar-refractivity contribution is 0.0694. The van der Waals surface area contributed by atoms with E-state index < -0.39 is 5.97 Å². The van der Waals surface area contributed by atoms with E-state index in [1.807, 2.05) is 6.92 Å². The summed E-state index contributed by atoms with van der Waals surface area (Å²) in [5.74, 6) is -0.915. The summed E-state index contributed by atoms with van der Waals surface area (Å²) < 4.78 is 19.1. The number of carboxylic acid groups (broad SMARTS) is 1. The first-order chi connectivity index (χ1) is 9.49. The van der Waals surface area contributed by atoms with Crippen molar-refractivity contribution in [2.24, 2.45) is 0 Å². The molecule has 0 amide bonds. The summed E-state index contributed by atoms with van der Waals surface area (Å²) in [5, 5.41) is 9.08. The molecule has 0 spiro atoms. The topological polar surface area (TPSA) is 46.5 Å². The first-order valence-electron chi connectivity index (χ1n) is 6.20. The number of ether oxygens (including phenoxy) is 1. The number of carbonyl (C=O) groups is 1. The van der Waals surface area contributed by atoms with Crippen LogP contribution in [0.15, 0.2) is 36.4 Å². The van der Waals surface area contributed by atoms with E-state index in [-0.39, 0.29) is 18.0 Å². The van der Waals surface area contributed by atoms with E-state index in [9.17, 15) is 9.18 Å². The zero-order valence-electron chi connectivity index (χ0n) is 11.3. The highest BCUT2D eigenvalue weighted by atomic mass is 19.1. The fraction of sp³-hybridized carbons (Fsp3) is 0.188. The average molecular weight is 274 g/mol. The summed E-state index contributed by atoms with van der Waals surface area (Å²) >= 11 is 0. The zero-order valence-corrected chi connectivity index (χ0v) is 11.3. The van der Waals surface area contributed by atoms with Gasteiger partial charge in [-0.1, -0.05) is 18.2 Å². The number of rotatable bonds is 4. The van der Waals surface area contributed by atoms with Crippen LogP contribution in [0.5, 0.6) is 5.75 Å². The minimum atomic E-state index is -1.00. The average Bonchev–Trinajstić information content (AvgIpc) is 2.41. The molecule has 2 aromatic rings. The van der Waals surface area contributed by atoms with Crippen LogP contribution < -0.4 is 4.74 Å².